The molecule has 3 N–H and O–H groups in total. The molecule has 0 aliphatic rings. The maximum absolute atomic E-state index is 10.6. The van der Waals surface area contributed by atoms with Crippen molar-refractivity contribution >= 4 is 11.9 Å². The van der Waals surface area contributed by atoms with E-state index in [4.69, 9.17) is 15.6 Å². The van der Waals surface area contributed by atoms with Gasteiger partial charge in [-0.2, -0.15) is 13.2 Å². The number of hydrogen-bond acceptors (Lipinski definition) is 3. The molecule has 0 atom stereocenters. The molecule has 0 heterocycles. The Morgan fingerprint density at radius 1 is 1.38 bits per heavy atom. The third-order valence-electron chi connectivity index (χ3n) is 0.995. The van der Waals surface area contributed by atoms with Crippen molar-refractivity contribution in [3.05, 3.63) is 12.2 Å². The lowest BCUT2D eigenvalue weighted by Gasteiger charge is -2.02. The predicted molar refractivity (Wildman–Crippen MR) is 50.6 cm³/mol. The first kappa shape index (κ1) is 16.8. The molecule has 0 rings (SSSR count). The Morgan fingerprint density at radius 3 is 1.94 bits per heavy atom. The summed E-state index contributed by atoms with van der Waals surface area (Å²) in [6, 6.07) is 0. The van der Waals surface area contributed by atoms with E-state index in [0.29, 0.717) is 0 Å². The molecule has 0 aromatic heterocycles. The van der Waals surface area contributed by atoms with Crippen molar-refractivity contribution in [2.75, 3.05) is 20.6 Å². The molecular formula is C8H13F3N2O3. The molecule has 0 spiro atoms. The Kier molecular flexibility index (Phi) is 8.09. The number of carboxylic acids is 1. The van der Waals surface area contributed by atoms with Gasteiger partial charge in [0.15, 0.2) is 0 Å². The lowest BCUT2D eigenvalue weighted by atomic mass is 10.4. The third kappa shape index (κ3) is 14.9. The van der Waals surface area contributed by atoms with Crippen LogP contribution in [0.5, 0.6) is 0 Å². The van der Waals surface area contributed by atoms with Crippen LogP contribution in [0.15, 0.2) is 12.2 Å². The SMILES string of the molecule is CN(C)CC=CC(N)=O.O=C(O)C(F)(F)F. The van der Waals surface area contributed by atoms with E-state index in [-0.39, 0.29) is 0 Å². The first-order valence-electron chi connectivity index (χ1n) is 3.98. The monoisotopic (exact) mass is 242 g/mol. The lowest BCUT2D eigenvalue weighted by Crippen LogP contribution is -2.21. The van der Waals surface area contributed by atoms with E-state index in [9.17, 15) is 18.0 Å². The van der Waals surface area contributed by atoms with Gasteiger partial charge in [-0.1, -0.05) is 6.08 Å². The Balaban J connectivity index is 0. The molecule has 0 aromatic carbocycles. The van der Waals surface area contributed by atoms with Crippen LogP contribution in [0.3, 0.4) is 0 Å². The second-order valence-corrected chi connectivity index (χ2v) is 2.87. The second kappa shape index (κ2) is 7.69. The number of amides is 1. The van der Waals surface area contributed by atoms with Gasteiger partial charge in [-0.15, -0.1) is 0 Å². The molecule has 0 unspecified atom stereocenters. The van der Waals surface area contributed by atoms with Crippen molar-refractivity contribution < 1.29 is 27.9 Å². The van der Waals surface area contributed by atoms with E-state index in [1.165, 1.54) is 6.08 Å². The molecule has 0 bridgehead atoms. The first-order valence-corrected chi connectivity index (χ1v) is 3.98. The minimum absolute atomic E-state index is 0.392. The summed E-state index contributed by atoms with van der Waals surface area (Å²) in [6.07, 6.45) is -2.00. The van der Waals surface area contributed by atoms with Crippen molar-refractivity contribution in [2.24, 2.45) is 5.73 Å². The smallest absolute Gasteiger partial charge is 0.475 e. The second-order valence-electron chi connectivity index (χ2n) is 2.87. The summed E-state index contributed by atoms with van der Waals surface area (Å²) in [5, 5.41) is 7.12. The van der Waals surface area contributed by atoms with Crippen LogP contribution in [0.25, 0.3) is 0 Å². The summed E-state index contributed by atoms with van der Waals surface area (Å²) in [5.74, 6) is -3.15. The van der Waals surface area contributed by atoms with Crippen LogP contribution in [-0.2, 0) is 9.59 Å². The fourth-order valence-electron chi connectivity index (χ4n) is 0.380. The van der Waals surface area contributed by atoms with Gasteiger partial charge >= 0.3 is 12.1 Å². The van der Waals surface area contributed by atoms with Gasteiger partial charge in [0.05, 0.1) is 0 Å². The van der Waals surface area contributed by atoms with E-state index in [2.05, 4.69) is 0 Å². The van der Waals surface area contributed by atoms with E-state index in [1.807, 2.05) is 19.0 Å². The fraction of sp³-hybridized carbons (Fsp3) is 0.500. The number of carbonyl (C=O) groups excluding carboxylic acids is 1. The van der Waals surface area contributed by atoms with Crippen LogP contribution in [-0.4, -0.2) is 48.7 Å². The van der Waals surface area contributed by atoms with Gasteiger partial charge in [-0.05, 0) is 20.2 Å². The van der Waals surface area contributed by atoms with Crippen molar-refractivity contribution in [3.63, 3.8) is 0 Å². The third-order valence-corrected chi connectivity index (χ3v) is 0.995. The summed E-state index contributed by atoms with van der Waals surface area (Å²) < 4.78 is 31.7. The van der Waals surface area contributed by atoms with Crippen LogP contribution in [0.1, 0.15) is 0 Å². The highest BCUT2D eigenvalue weighted by Crippen LogP contribution is 2.13. The zero-order valence-electron chi connectivity index (χ0n) is 8.78. The number of rotatable bonds is 3. The van der Waals surface area contributed by atoms with Crippen LogP contribution < -0.4 is 5.73 Å². The highest BCUT2D eigenvalue weighted by atomic mass is 19.4. The number of halogens is 3. The number of nitrogens with two attached hydrogens (primary N) is 1. The van der Waals surface area contributed by atoms with Crippen molar-refractivity contribution in [1.82, 2.24) is 4.90 Å². The van der Waals surface area contributed by atoms with E-state index >= 15 is 0 Å². The maximum atomic E-state index is 10.6. The molecule has 0 aliphatic heterocycles. The minimum Gasteiger partial charge on any atom is -0.475 e. The molecule has 5 nitrogen and oxygen atoms in total. The average molecular weight is 242 g/mol. The lowest BCUT2D eigenvalue weighted by molar-refractivity contribution is -0.192. The highest BCUT2D eigenvalue weighted by molar-refractivity contribution is 5.85. The van der Waals surface area contributed by atoms with E-state index in [1.54, 1.807) is 6.08 Å². The summed E-state index contributed by atoms with van der Waals surface area (Å²) >= 11 is 0. The molecule has 0 saturated carbocycles. The van der Waals surface area contributed by atoms with Gasteiger partial charge in [-0.25, -0.2) is 4.79 Å². The number of alkyl halides is 3. The Morgan fingerprint density at radius 2 is 1.75 bits per heavy atom. The van der Waals surface area contributed by atoms with Crippen molar-refractivity contribution in [2.45, 2.75) is 6.18 Å². The quantitative estimate of drug-likeness (QED) is 0.693. The molecule has 1 amide bonds. The number of likely N-dealkylation sites (N-methyl/N-ethyl adjacent to an activating group) is 1. The fourth-order valence-corrected chi connectivity index (χ4v) is 0.380. The molecular weight excluding hydrogens is 229 g/mol. The van der Waals surface area contributed by atoms with Gasteiger partial charge in [0.2, 0.25) is 5.91 Å². The van der Waals surface area contributed by atoms with Crippen LogP contribution in [0.2, 0.25) is 0 Å². The summed E-state index contributed by atoms with van der Waals surface area (Å²) in [4.78, 5) is 20.9. The maximum Gasteiger partial charge on any atom is 0.490 e. The molecule has 0 radical (unpaired) electrons. The van der Waals surface area contributed by atoms with Gasteiger partial charge in [0.25, 0.3) is 0 Å². The van der Waals surface area contributed by atoms with Gasteiger partial charge in [0.1, 0.15) is 0 Å². The summed E-state index contributed by atoms with van der Waals surface area (Å²) in [7, 11) is 3.84. The highest BCUT2D eigenvalue weighted by Gasteiger charge is 2.38. The van der Waals surface area contributed by atoms with Gasteiger partial charge in [0, 0.05) is 6.54 Å². The minimum atomic E-state index is -5.08. The van der Waals surface area contributed by atoms with Crippen molar-refractivity contribution in [3.8, 4) is 0 Å². The first-order chi connectivity index (χ1) is 7.07. The zero-order valence-corrected chi connectivity index (χ0v) is 8.78. The number of primary amides is 1. The number of aliphatic carboxylic acids is 1. The van der Waals surface area contributed by atoms with Gasteiger partial charge in [-0.3, -0.25) is 4.79 Å². The number of nitrogens with zero attached hydrogens (tertiary/aromatic N) is 1. The van der Waals surface area contributed by atoms with Crippen LogP contribution >= 0.6 is 0 Å². The van der Waals surface area contributed by atoms with E-state index < -0.39 is 18.1 Å². The average Bonchev–Trinajstić information content (AvgIpc) is 2.01. The molecule has 8 heteroatoms. The number of carbonyl (C=O) groups is 2. The Hall–Kier alpha value is -1.57. The topological polar surface area (TPSA) is 83.6 Å². The number of hydrogen-bond donors (Lipinski definition) is 2. The Labute approximate surface area is 90.3 Å². The Bertz CT molecular complexity index is 262. The molecule has 0 saturated heterocycles. The van der Waals surface area contributed by atoms with Gasteiger partial charge < -0.3 is 15.7 Å². The zero-order chi connectivity index (χ0) is 13.4. The molecule has 0 aromatic rings. The van der Waals surface area contributed by atoms with Crippen LogP contribution in [0, 0.1) is 0 Å². The normalized spacial score (nSPS) is 11.1. The van der Waals surface area contributed by atoms with Crippen molar-refractivity contribution in [1.29, 1.82) is 0 Å². The number of carboxylic acid groups (broad SMARTS) is 1. The largest absolute Gasteiger partial charge is 0.490 e. The molecule has 0 fully saturated rings. The summed E-state index contributed by atoms with van der Waals surface area (Å²) in [6.45, 7) is 0.753. The molecule has 94 valence electrons. The standard InChI is InChI=1S/C6H12N2O.C2HF3O2/c1-8(2)5-3-4-6(7)9;3-2(4,5)1(6)7/h3-4H,5H2,1-2H3,(H2,7,9);(H,6,7). The van der Waals surface area contributed by atoms with Crippen LogP contribution in [0.4, 0.5) is 13.2 Å². The molecule has 16 heavy (non-hydrogen) atoms. The molecule has 0 aliphatic carbocycles. The predicted octanol–water partition coefficient (Wildman–Crippen LogP) is 0.223. The van der Waals surface area contributed by atoms with E-state index in [0.717, 1.165) is 6.54 Å². The summed E-state index contributed by atoms with van der Waals surface area (Å²) in [5.41, 5.74) is 4.83.